The Labute approximate surface area is 183 Å². The second-order valence-corrected chi connectivity index (χ2v) is 8.40. The molecule has 0 spiro atoms. The molecule has 0 aliphatic rings. The van der Waals surface area contributed by atoms with E-state index in [4.69, 9.17) is 16.8 Å². The first-order chi connectivity index (χ1) is 14.7. The molecule has 0 heterocycles. The molecule has 7 nitrogen and oxygen atoms in total. The van der Waals surface area contributed by atoms with Gasteiger partial charge in [0.15, 0.2) is 0 Å². The van der Waals surface area contributed by atoms with Gasteiger partial charge >= 0.3 is 0 Å². The highest BCUT2D eigenvalue weighted by Gasteiger charge is 2.20. The van der Waals surface area contributed by atoms with Gasteiger partial charge in [-0.15, -0.1) is 0 Å². The van der Waals surface area contributed by atoms with E-state index in [1.54, 1.807) is 43.3 Å². The average molecular weight is 471 g/mol. The van der Waals surface area contributed by atoms with E-state index in [0.717, 1.165) is 11.6 Å². The number of hydrogen-bond donors (Lipinski definition) is 5. The summed E-state index contributed by atoms with van der Waals surface area (Å²) in [7, 11) is -3.95. The highest BCUT2D eigenvalue weighted by molar-refractivity contribution is 7.93. The quantitative estimate of drug-likeness (QED) is 0.331. The Hall–Kier alpha value is -2.76. The molecule has 31 heavy (non-hydrogen) atoms. The molecule has 0 bridgehead atoms. The van der Waals surface area contributed by atoms with Gasteiger partial charge in [-0.05, 0) is 54.4 Å². The van der Waals surface area contributed by atoms with Gasteiger partial charge in [0.05, 0.1) is 16.4 Å². The first-order valence-electron chi connectivity index (χ1n) is 8.82. The highest BCUT2D eigenvalue weighted by Crippen LogP contribution is 2.28. The van der Waals surface area contributed by atoms with Crippen molar-refractivity contribution in [3.63, 3.8) is 0 Å². The number of nitrogens with one attached hydrogen (secondary N) is 3. The highest BCUT2D eigenvalue weighted by atomic mass is 35.5. The minimum atomic E-state index is -3.95. The van der Waals surface area contributed by atoms with Crippen LogP contribution in [0, 0.1) is 18.6 Å². The Morgan fingerprint density at radius 2 is 1.61 bits per heavy atom. The maximum Gasteiger partial charge on any atom is 0.264 e. The Bertz CT molecular complexity index is 1130. The van der Waals surface area contributed by atoms with E-state index in [9.17, 15) is 17.2 Å². The number of hydrogen-bond acceptors (Lipinski definition) is 6. The van der Waals surface area contributed by atoms with Crippen molar-refractivity contribution in [1.82, 2.24) is 5.43 Å². The van der Waals surface area contributed by atoms with Crippen molar-refractivity contribution in [1.29, 1.82) is 0 Å². The van der Waals surface area contributed by atoms with Crippen molar-refractivity contribution < 1.29 is 22.4 Å². The molecule has 0 aliphatic carbocycles. The van der Waals surface area contributed by atoms with Crippen molar-refractivity contribution >= 4 is 33.0 Å². The number of nitrogens with two attached hydrogens (primary N) is 1. The molecule has 0 aliphatic heterocycles. The third-order valence-electron chi connectivity index (χ3n) is 3.98. The lowest BCUT2D eigenvalue weighted by Gasteiger charge is -2.16. The van der Waals surface area contributed by atoms with Crippen LogP contribution in [0.5, 0.6) is 0 Å². The number of aryl methyl sites for hydroxylation is 1. The normalized spacial score (nSPS) is 10.8. The molecule has 0 unspecified atom stereocenters. The van der Waals surface area contributed by atoms with Gasteiger partial charge in [0.1, 0.15) is 16.5 Å². The van der Waals surface area contributed by atoms with Gasteiger partial charge in [0, 0.05) is 12.6 Å². The molecule has 3 aromatic rings. The second-order valence-electron chi connectivity index (χ2n) is 6.34. The summed E-state index contributed by atoms with van der Waals surface area (Å²) in [4.78, 5) is -0.00431. The molecule has 0 aromatic heterocycles. The Morgan fingerprint density at radius 3 is 2.26 bits per heavy atom. The molecule has 0 amide bonds. The van der Waals surface area contributed by atoms with Crippen molar-refractivity contribution in [3.05, 3.63) is 88.4 Å². The zero-order valence-corrected chi connectivity index (χ0v) is 17.9. The summed E-state index contributed by atoms with van der Waals surface area (Å²) in [5.41, 5.74) is 7.19. The van der Waals surface area contributed by atoms with Crippen LogP contribution in [0.15, 0.2) is 65.6 Å². The van der Waals surface area contributed by atoms with Crippen LogP contribution < -0.4 is 21.5 Å². The summed E-state index contributed by atoms with van der Waals surface area (Å²) in [5, 5.41) is 6.77. The first-order valence-corrected chi connectivity index (χ1v) is 10.7. The molecule has 0 atom stereocenters. The predicted octanol–water partition coefficient (Wildman–Crippen LogP) is 4.18. The zero-order valence-electron chi connectivity index (χ0n) is 16.4. The second kappa shape index (κ2) is 11.0. The summed E-state index contributed by atoms with van der Waals surface area (Å²) >= 11 is 6.05. The summed E-state index contributed by atoms with van der Waals surface area (Å²) in [6.45, 7) is 1.83. The topological polar surface area (TPSA) is 116 Å². The van der Waals surface area contributed by atoms with E-state index in [1.165, 1.54) is 18.2 Å². The lowest BCUT2D eigenvalue weighted by atomic mass is 10.2. The average Bonchev–Trinajstić information content (AvgIpc) is 2.71. The molecular weight excluding hydrogens is 450 g/mol. The van der Waals surface area contributed by atoms with Crippen molar-refractivity contribution in [2.75, 3.05) is 10.1 Å². The summed E-state index contributed by atoms with van der Waals surface area (Å²) < 4.78 is 54.9. The molecular formula is C20H21ClF2N4O3S. The van der Waals surface area contributed by atoms with Gasteiger partial charge < -0.3 is 10.6 Å². The standard InChI is InChI=1S/C20H18ClF2N3O2S.H3NO/c1-13-6-7-19(25-24-12-14-9-15(22)11-16(23)10-14)20(8-13)29(27,28)26-18-5-3-2-4-17(18)21;1-2/h2-11,24-26H,12H2,1H3;2H,1H2. The van der Waals surface area contributed by atoms with E-state index < -0.39 is 21.7 Å². The number of hydrazine groups is 1. The summed E-state index contributed by atoms with van der Waals surface area (Å²) in [6.07, 6.45) is 0. The minimum absolute atomic E-state index is 0.00431. The number of sulfonamides is 1. The van der Waals surface area contributed by atoms with Crippen LogP contribution in [0.25, 0.3) is 0 Å². The fourth-order valence-electron chi connectivity index (χ4n) is 2.65. The maximum absolute atomic E-state index is 13.3. The molecule has 0 radical (unpaired) electrons. The smallest absolute Gasteiger partial charge is 0.264 e. The number of benzene rings is 3. The van der Waals surface area contributed by atoms with Gasteiger partial charge in [-0.1, -0.05) is 29.8 Å². The van der Waals surface area contributed by atoms with Crippen LogP contribution in [0.1, 0.15) is 11.1 Å². The van der Waals surface area contributed by atoms with Crippen molar-refractivity contribution in [2.24, 2.45) is 5.90 Å². The van der Waals surface area contributed by atoms with Crippen molar-refractivity contribution in [3.8, 4) is 0 Å². The van der Waals surface area contributed by atoms with E-state index >= 15 is 0 Å². The molecule has 0 saturated carbocycles. The predicted molar refractivity (Wildman–Crippen MR) is 116 cm³/mol. The summed E-state index contributed by atoms with van der Waals surface area (Å²) in [6, 6.07) is 14.5. The van der Waals surface area contributed by atoms with Crippen LogP contribution in [-0.4, -0.2) is 13.6 Å². The lowest BCUT2D eigenvalue weighted by Crippen LogP contribution is -2.24. The Balaban J connectivity index is 0.00000166. The monoisotopic (exact) mass is 470 g/mol. The van der Waals surface area contributed by atoms with Gasteiger partial charge in [0.2, 0.25) is 0 Å². The lowest BCUT2D eigenvalue weighted by molar-refractivity contribution is 0.311. The zero-order chi connectivity index (χ0) is 23.0. The van der Waals surface area contributed by atoms with Crippen LogP contribution in [-0.2, 0) is 16.6 Å². The van der Waals surface area contributed by atoms with E-state index in [1.807, 2.05) is 0 Å². The fourth-order valence-corrected chi connectivity index (χ4v) is 4.22. The van der Waals surface area contributed by atoms with Crippen LogP contribution in [0.2, 0.25) is 5.02 Å². The molecule has 11 heteroatoms. The van der Waals surface area contributed by atoms with Gasteiger partial charge in [0.25, 0.3) is 10.0 Å². The maximum atomic E-state index is 13.3. The van der Waals surface area contributed by atoms with Crippen LogP contribution in [0.3, 0.4) is 0 Å². The van der Waals surface area contributed by atoms with E-state index in [2.05, 4.69) is 21.5 Å². The summed E-state index contributed by atoms with van der Waals surface area (Å²) in [5.74, 6) is 2.12. The number of rotatable bonds is 7. The number of para-hydroxylation sites is 1. The molecule has 166 valence electrons. The SMILES string of the molecule is Cc1ccc(NNCc2cc(F)cc(F)c2)c(S(=O)(=O)Nc2ccccc2Cl)c1.NO. The van der Waals surface area contributed by atoms with Gasteiger partial charge in [-0.25, -0.2) is 28.5 Å². The third kappa shape index (κ3) is 6.88. The third-order valence-corrected chi connectivity index (χ3v) is 5.72. The fraction of sp³-hybridized carbons (Fsp3) is 0.100. The largest absolute Gasteiger partial charge is 0.320 e. The van der Waals surface area contributed by atoms with Crippen LogP contribution in [0.4, 0.5) is 20.2 Å². The van der Waals surface area contributed by atoms with Gasteiger partial charge in [-0.3, -0.25) is 4.72 Å². The molecule has 0 fully saturated rings. The molecule has 6 N–H and O–H groups in total. The minimum Gasteiger partial charge on any atom is -0.320 e. The molecule has 3 rings (SSSR count). The van der Waals surface area contributed by atoms with Crippen LogP contribution >= 0.6 is 11.6 Å². The number of halogens is 3. The van der Waals surface area contributed by atoms with E-state index in [-0.39, 0.29) is 27.8 Å². The molecule has 0 saturated heterocycles. The first kappa shape index (κ1) is 24.5. The molecule has 3 aromatic carbocycles. The number of anilines is 2. The Morgan fingerprint density at radius 1 is 0.968 bits per heavy atom. The van der Waals surface area contributed by atoms with Gasteiger partial charge in [-0.2, -0.15) is 0 Å². The van der Waals surface area contributed by atoms with Crippen molar-refractivity contribution in [2.45, 2.75) is 18.4 Å². The van der Waals surface area contributed by atoms with E-state index in [0.29, 0.717) is 5.56 Å². The Kier molecular flexibility index (Phi) is 8.72.